The minimum Gasteiger partial charge on any atom is -0.495 e. The van der Waals surface area contributed by atoms with E-state index in [2.05, 4.69) is 0 Å². The second kappa shape index (κ2) is 5.37. The van der Waals surface area contributed by atoms with Gasteiger partial charge in [0.15, 0.2) is 0 Å². The second-order valence-electron chi connectivity index (χ2n) is 4.50. The molecule has 1 aliphatic rings. The van der Waals surface area contributed by atoms with Gasteiger partial charge in [0.2, 0.25) is 5.91 Å². The molecule has 0 bridgehead atoms. The SMILES string of the molecule is COc1cc(C)c(Cl)cc1N1CC(CCl)CC1=O. The van der Waals surface area contributed by atoms with Crippen LogP contribution in [0.4, 0.5) is 5.69 Å². The van der Waals surface area contributed by atoms with Crippen molar-refractivity contribution in [1.29, 1.82) is 0 Å². The van der Waals surface area contributed by atoms with Crippen molar-refractivity contribution in [2.75, 3.05) is 24.4 Å². The number of aryl methyl sites for hydroxylation is 1. The van der Waals surface area contributed by atoms with Gasteiger partial charge in [0.1, 0.15) is 5.75 Å². The molecule has 1 fully saturated rings. The summed E-state index contributed by atoms with van der Waals surface area (Å²) in [7, 11) is 1.59. The predicted molar refractivity (Wildman–Crippen MR) is 73.9 cm³/mol. The van der Waals surface area contributed by atoms with Crippen LogP contribution in [0.15, 0.2) is 12.1 Å². The summed E-state index contributed by atoms with van der Waals surface area (Å²) in [4.78, 5) is 13.7. The first-order valence-corrected chi connectivity index (χ1v) is 6.68. The summed E-state index contributed by atoms with van der Waals surface area (Å²) in [6.07, 6.45) is 0.484. The number of ether oxygens (including phenoxy) is 1. The number of rotatable bonds is 3. The van der Waals surface area contributed by atoms with Gasteiger partial charge < -0.3 is 9.64 Å². The quantitative estimate of drug-likeness (QED) is 0.799. The number of halogens is 2. The monoisotopic (exact) mass is 287 g/mol. The molecule has 1 saturated heterocycles. The van der Waals surface area contributed by atoms with Crippen LogP contribution < -0.4 is 9.64 Å². The molecule has 0 radical (unpaired) electrons. The molecule has 3 nitrogen and oxygen atoms in total. The lowest BCUT2D eigenvalue weighted by atomic mass is 10.1. The molecule has 1 heterocycles. The van der Waals surface area contributed by atoms with Gasteiger partial charge in [-0.25, -0.2) is 0 Å². The van der Waals surface area contributed by atoms with Crippen molar-refractivity contribution in [1.82, 2.24) is 0 Å². The molecule has 0 aliphatic carbocycles. The number of carbonyl (C=O) groups excluding carboxylic acids is 1. The van der Waals surface area contributed by atoms with E-state index in [0.29, 0.717) is 29.6 Å². The molecule has 0 spiro atoms. The zero-order chi connectivity index (χ0) is 13.3. The number of hydrogen-bond acceptors (Lipinski definition) is 2. The summed E-state index contributed by atoms with van der Waals surface area (Å²) >= 11 is 11.9. The molecule has 0 aromatic heterocycles. The van der Waals surface area contributed by atoms with E-state index >= 15 is 0 Å². The number of amides is 1. The highest BCUT2D eigenvalue weighted by Gasteiger charge is 2.31. The van der Waals surface area contributed by atoms with Crippen molar-refractivity contribution in [3.05, 3.63) is 22.7 Å². The van der Waals surface area contributed by atoms with E-state index in [1.165, 1.54) is 0 Å². The molecule has 1 atom stereocenters. The maximum absolute atomic E-state index is 12.0. The number of alkyl halides is 1. The van der Waals surface area contributed by atoms with Crippen molar-refractivity contribution in [2.45, 2.75) is 13.3 Å². The van der Waals surface area contributed by atoms with E-state index in [1.54, 1.807) is 18.1 Å². The first-order valence-electron chi connectivity index (χ1n) is 5.77. The molecule has 5 heteroatoms. The van der Waals surface area contributed by atoms with E-state index in [0.717, 1.165) is 11.3 Å². The Bertz CT molecular complexity index is 476. The highest BCUT2D eigenvalue weighted by molar-refractivity contribution is 6.31. The van der Waals surface area contributed by atoms with Crippen molar-refractivity contribution in [2.24, 2.45) is 5.92 Å². The number of nitrogens with zero attached hydrogens (tertiary/aromatic N) is 1. The van der Waals surface area contributed by atoms with Gasteiger partial charge in [0.05, 0.1) is 12.8 Å². The van der Waals surface area contributed by atoms with E-state index in [9.17, 15) is 4.79 Å². The number of carbonyl (C=O) groups is 1. The molecule has 1 unspecified atom stereocenters. The van der Waals surface area contributed by atoms with Crippen molar-refractivity contribution in [3.8, 4) is 5.75 Å². The molecule has 1 aromatic carbocycles. The van der Waals surface area contributed by atoms with Crippen LogP contribution in [-0.4, -0.2) is 25.4 Å². The normalized spacial score (nSPS) is 19.4. The van der Waals surface area contributed by atoms with Gasteiger partial charge in [0, 0.05) is 23.9 Å². The van der Waals surface area contributed by atoms with Crippen LogP contribution in [-0.2, 0) is 4.79 Å². The molecule has 2 rings (SSSR count). The van der Waals surface area contributed by atoms with E-state index in [-0.39, 0.29) is 11.8 Å². The summed E-state index contributed by atoms with van der Waals surface area (Å²) in [5.41, 5.74) is 1.66. The van der Waals surface area contributed by atoms with Crippen molar-refractivity contribution in [3.63, 3.8) is 0 Å². The Morgan fingerprint density at radius 2 is 2.22 bits per heavy atom. The van der Waals surface area contributed by atoms with Crippen LogP contribution in [0.2, 0.25) is 5.02 Å². The first kappa shape index (κ1) is 13.5. The van der Waals surface area contributed by atoms with Crippen molar-refractivity contribution < 1.29 is 9.53 Å². The van der Waals surface area contributed by atoms with Gasteiger partial charge in [-0.1, -0.05) is 11.6 Å². The molecular weight excluding hydrogens is 273 g/mol. The lowest BCUT2D eigenvalue weighted by Crippen LogP contribution is -2.25. The van der Waals surface area contributed by atoms with Crippen LogP contribution in [0.1, 0.15) is 12.0 Å². The molecule has 98 valence electrons. The Morgan fingerprint density at radius 3 is 2.78 bits per heavy atom. The summed E-state index contributed by atoms with van der Waals surface area (Å²) < 4.78 is 5.33. The highest BCUT2D eigenvalue weighted by Crippen LogP contribution is 2.37. The average molecular weight is 288 g/mol. The summed E-state index contributed by atoms with van der Waals surface area (Å²) in [5, 5.41) is 0.632. The molecule has 0 N–H and O–H groups in total. The number of benzene rings is 1. The smallest absolute Gasteiger partial charge is 0.227 e. The summed E-state index contributed by atoms with van der Waals surface area (Å²) in [6.45, 7) is 2.53. The van der Waals surface area contributed by atoms with Gasteiger partial charge in [0.25, 0.3) is 0 Å². The zero-order valence-electron chi connectivity index (χ0n) is 10.4. The third kappa shape index (κ3) is 2.43. The third-order valence-corrected chi connectivity index (χ3v) is 4.02. The molecule has 0 saturated carbocycles. The minimum absolute atomic E-state index is 0.0684. The Balaban J connectivity index is 2.38. The summed E-state index contributed by atoms with van der Waals surface area (Å²) in [5.74, 6) is 1.42. The predicted octanol–water partition coefficient (Wildman–Crippen LogP) is 3.25. The maximum atomic E-state index is 12.0. The zero-order valence-corrected chi connectivity index (χ0v) is 11.9. The van der Waals surface area contributed by atoms with Crippen LogP contribution in [0.25, 0.3) is 0 Å². The van der Waals surface area contributed by atoms with Crippen LogP contribution in [0.3, 0.4) is 0 Å². The van der Waals surface area contributed by atoms with Crippen LogP contribution in [0, 0.1) is 12.8 Å². The third-order valence-electron chi connectivity index (χ3n) is 3.17. The number of methoxy groups -OCH3 is 1. The Kier molecular flexibility index (Phi) is 4.03. The molecule has 18 heavy (non-hydrogen) atoms. The fourth-order valence-electron chi connectivity index (χ4n) is 2.14. The molecular formula is C13H15Cl2NO2. The van der Waals surface area contributed by atoms with Gasteiger partial charge >= 0.3 is 0 Å². The minimum atomic E-state index is 0.0684. The highest BCUT2D eigenvalue weighted by atomic mass is 35.5. The van der Waals surface area contributed by atoms with E-state index in [4.69, 9.17) is 27.9 Å². The van der Waals surface area contributed by atoms with Gasteiger partial charge in [-0.2, -0.15) is 0 Å². The lowest BCUT2D eigenvalue weighted by molar-refractivity contribution is -0.117. The largest absolute Gasteiger partial charge is 0.495 e. The van der Waals surface area contributed by atoms with Crippen LogP contribution >= 0.6 is 23.2 Å². The van der Waals surface area contributed by atoms with Gasteiger partial charge in [-0.05, 0) is 30.5 Å². The van der Waals surface area contributed by atoms with E-state index in [1.807, 2.05) is 13.0 Å². The molecule has 1 aromatic rings. The van der Waals surface area contributed by atoms with E-state index < -0.39 is 0 Å². The Labute approximate surface area is 117 Å². The van der Waals surface area contributed by atoms with Gasteiger partial charge in [-0.3, -0.25) is 4.79 Å². The Hall–Kier alpha value is -0.930. The number of anilines is 1. The number of hydrogen-bond donors (Lipinski definition) is 0. The topological polar surface area (TPSA) is 29.5 Å². The van der Waals surface area contributed by atoms with Crippen molar-refractivity contribution >= 4 is 34.8 Å². The Morgan fingerprint density at radius 1 is 1.50 bits per heavy atom. The van der Waals surface area contributed by atoms with Crippen LogP contribution in [0.5, 0.6) is 5.75 Å². The maximum Gasteiger partial charge on any atom is 0.227 e. The van der Waals surface area contributed by atoms with Gasteiger partial charge in [-0.15, -0.1) is 11.6 Å². The molecule has 1 aliphatic heterocycles. The first-order chi connectivity index (χ1) is 8.56. The fourth-order valence-corrected chi connectivity index (χ4v) is 2.50. The lowest BCUT2D eigenvalue weighted by Gasteiger charge is -2.20. The average Bonchev–Trinajstić information content (AvgIpc) is 2.73. The summed E-state index contributed by atoms with van der Waals surface area (Å²) in [6, 6.07) is 3.63. The second-order valence-corrected chi connectivity index (χ2v) is 5.22. The standard InChI is InChI=1S/C13H15Cl2NO2/c1-8-3-12(18-2)11(5-10(8)15)16-7-9(6-14)4-13(16)17/h3,5,9H,4,6-7H2,1-2H3. The fraction of sp³-hybridized carbons (Fsp3) is 0.462. The molecule has 1 amide bonds.